The Kier molecular flexibility index (Phi) is 5.09. The predicted octanol–water partition coefficient (Wildman–Crippen LogP) is 4.38. The summed E-state index contributed by atoms with van der Waals surface area (Å²) in [6.45, 7) is 4.56. The molecule has 1 atom stereocenters. The van der Waals surface area contributed by atoms with Gasteiger partial charge in [0, 0.05) is 24.5 Å². The third kappa shape index (κ3) is 3.50. The fourth-order valence-corrected chi connectivity index (χ4v) is 2.86. The maximum Gasteiger partial charge on any atom is 0.203 e. The number of anilines is 1. The lowest BCUT2D eigenvalue weighted by Gasteiger charge is -2.19. The van der Waals surface area contributed by atoms with Gasteiger partial charge in [-0.25, -0.2) is 4.98 Å². The topological polar surface area (TPSA) is 29.9 Å². The van der Waals surface area contributed by atoms with Gasteiger partial charge in [-0.15, -0.1) is 0 Å². The molecule has 1 aromatic heterocycles. The molecule has 0 bridgehead atoms. The average Bonchev–Trinajstić information content (AvgIpc) is 3.01. The normalized spacial score (nSPS) is 18.1. The molecule has 0 amide bonds. The van der Waals surface area contributed by atoms with Gasteiger partial charge in [0.1, 0.15) is 0 Å². The Bertz CT molecular complexity index is 339. The second-order valence-electron chi connectivity index (χ2n) is 5.63. The van der Waals surface area contributed by atoms with E-state index in [-0.39, 0.29) is 0 Å². The van der Waals surface area contributed by atoms with Gasteiger partial charge in [-0.05, 0) is 26.2 Å². The van der Waals surface area contributed by atoms with E-state index in [2.05, 4.69) is 34.9 Å². The van der Waals surface area contributed by atoms with Crippen molar-refractivity contribution in [1.82, 2.24) is 9.55 Å². The number of unbranched alkanes of at least 4 members (excludes halogenated alkanes) is 2. The molecule has 1 N–H and O–H groups in total. The quantitative estimate of drug-likeness (QED) is 0.727. The molecule has 18 heavy (non-hydrogen) atoms. The first-order chi connectivity index (χ1) is 8.81. The fourth-order valence-electron chi connectivity index (χ4n) is 2.86. The van der Waals surface area contributed by atoms with Gasteiger partial charge in [0.05, 0.1) is 0 Å². The van der Waals surface area contributed by atoms with Crippen LogP contribution in [0.4, 0.5) is 5.95 Å². The molecule has 0 aromatic carbocycles. The molecule has 1 aliphatic carbocycles. The van der Waals surface area contributed by atoms with E-state index in [4.69, 9.17) is 0 Å². The zero-order valence-electron chi connectivity index (χ0n) is 11.9. The van der Waals surface area contributed by atoms with Gasteiger partial charge < -0.3 is 9.88 Å². The number of nitrogens with zero attached hydrogens (tertiary/aromatic N) is 2. The first-order valence-electron chi connectivity index (χ1n) is 7.60. The maximum atomic E-state index is 4.48. The average molecular weight is 249 g/mol. The van der Waals surface area contributed by atoms with Crippen LogP contribution in [0.1, 0.15) is 71.3 Å². The Morgan fingerprint density at radius 3 is 2.89 bits per heavy atom. The summed E-state index contributed by atoms with van der Waals surface area (Å²) in [6.07, 6.45) is 14.6. The Morgan fingerprint density at radius 2 is 2.17 bits per heavy atom. The number of rotatable bonds is 7. The summed E-state index contributed by atoms with van der Waals surface area (Å²) in [6, 6.07) is 1.21. The van der Waals surface area contributed by atoms with Gasteiger partial charge in [0.15, 0.2) is 0 Å². The van der Waals surface area contributed by atoms with Gasteiger partial charge in [-0.3, -0.25) is 0 Å². The van der Waals surface area contributed by atoms with Crippen molar-refractivity contribution in [3.63, 3.8) is 0 Å². The van der Waals surface area contributed by atoms with Crippen LogP contribution in [0, 0.1) is 0 Å². The highest BCUT2D eigenvalue weighted by Gasteiger charge is 2.17. The molecule has 0 aliphatic heterocycles. The van der Waals surface area contributed by atoms with Crippen molar-refractivity contribution >= 4 is 5.95 Å². The zero-order valence-corrected chi connectivity index (χ0v) is 11.9. The lowest BCUT2D eigenvalue weighted by molar-refractivity contribution is 0.478. The number of imidazole rings is 1. The minimum absolute atomic E-state index is 0.558. The van der Waals surface area contributed by atoms with Gasteiger partial charge in [-0.1, -0.05) is 39.0 Å². The van der Waals surface area contributed by atoms with Crippen molar-refractivity contribution in [2.75, 3.05) is 5.32 Å². The van der Waals surface area contributed by atoms with Crippen LogP contribution in [-0.4, -0.2) is 15.6 Å². The van der Waals surface area contributed by atoms with Gasteiger partial charge in [0.2, 0.25) is 5.95 Å². The van der Waals surface area contributed by atoms with E-state index in [1.807, 2.05) is 6.20 Å². The van der Waals surface area contributed by atoms with Crippen LogP contribution in [0.2, 0.25) is 0 Å². The monoisotopic (exact) mass is 249 g/mol. The summed E-state index contributed by atoms with van der Waals surface area (Å²) in [4.78, 5) is 4.48. The summed E-state index contributed by atoms with van der Waals surface area (Å²) >= 11 is 0. The van der Waals surface area contributed by atoms with E-state index < -0.39 is 0 Å². The van der Waals surface area contributed by atoms with Crippen LogP contribution in [0.25, 0.3) is 0 Å². The van der Waals surface area contributed by atoms with Crippen LogP contribution in [0.15, 0.2) is 12.4 Å². The van der Waals surface area contributed by atoms with Crippen molar-refractivity contribution in [2.24, 2.45) is 0 Å². The lowest BCUT2D eigenvalue weighted by Crippen LogP contribution is -2.19. The summed E-state index contributed by atoms with van der Waals surface area (Å²) in [5.41, 5.74) is 0. The Hall–Kier alpha value is -0.990. The third-order valence-electron chi connectivity index (χ3n) is 4.06. The Balaban J connectivity index is 1.89. The van der Waals surface area contributed by atoms with Crippen LogP contribution < -0.4 is 5.32 Å². The molecule has 1 aromatic rings. The van der Waals surface area contributed by atoms with Gasteiger partial charge in [0.25, 0.3) is 0 Å². The zero-order chi connectivity index (χ0) is 12.8. The molecule has 0 saturated heterocycles. The number of hydrogen-bond acceptors (Lipinski definition) is 2. The maximum absolute atomic E-state index is 4.48. The minimum Gasteiger partial charge on any atom is -0.353 e. The summed E-state index contributed by atoms with van der Waals surface area (Å²) in [5.74, 6) is 1.07. The molecule has 2 rings (SSSR count). The number of nitrogens with one attached hydrogen (secondary N) is 1. The highest BCUT2D eigenvalue weighted by molar-refractivity contribution is 5.28. The molecule has 1 fully saturated rings. The van der Waals surface area contributed by atoms with Crippen molar-refractivity contribution in [1.29, 1.82) is 0 Å². The largest absolute Gasteiger partial charge is 0.353 e. The smallest absolute Gasteiger partial charge is 0.203 e. The predicted molar refractivity (Wildman–Crippen MR) is 77.0 cm³/mol. The fraction of sp³-hybridized carbons (Fsp3) is 0.800. The molecule has 102 valence electrons. The lowest BCUT2D eigenvalue weighted by atomic mass is 10.1. The molecule has 3 nitrogen and oxygen atoms in total. The Morgan fingerprint density at radius 1 is 1.39 bits per heavy atom. The number of hydrogen-bond donors (Lipinski definition) is 1. The number of aromatic nitrogens is 2. The van der Waals surface area contributed by atoms with E-state index in [1.165, 1.54) is 51.4 Å². The highest BCUT2D eigenvalue weighted by atomic mass is 15.2. The van der Waals surface area contributed by atoms with Crippen molar-refractivity contribution in [3.05, 3.63) is 12.4 Å². The second-order valence-corrected chi connectivity index (χ2v) is 5.63. The molecular weight excluding hydrogens is 222 g/mol. The Labute approximate surface area is 111 Å². The third-order valence-corrected chi connectivity index (χ3v) is 4.06. The van der Waals surface area contributed by atoms with Crippen LogP contribution >= 0.6 is 0 Å². The van der Waals surface area contributed by atoms with Crippen molar-refractivity contribution in [3.8, 4) is 0 Å². The van der Waals surface area contributed by atoms with Gasteiger partial charge >= 0.3 is 0 Å². The standard InChI is InChI=1S/C15H27N3/c1-3-4-5-8-13(2)18-12-11-16-15(18)17-14-9-6-7-10-14/h11-14H,3-10H2,1-2H3,(H,16,17). The molecule has 0 radical (unpaired) electrons. The van der Waals surface area contributed by atoms with Crippen molar-refractivity contribution < 1.29 is 0 Å². The van der Waals surface area contributed by atoms with E-state index in [0.29, 0.717) is 12.1 Å². The van der Waals surface area contributed by atoms with Crippen LogP contribution in [0.5, 0.6) is 0 Å². The van der Waals surface area contributed by atoms with Crippen LogP contribution in [-0.2, 0) is 0 Å². The van der Waals surface area contributed by atoms with E-state index in [1.54, 1.807) is 0 Å². The van der Waals surface area contributed by atoms with E-state index >= 15 is 0 Å². The molecule has 1 saturated carbocycles. The highest BCUT2D eigenvalue weighted by Crippen LogP contribution is 2.24. The molecule has 3 heteroatoms. The van der Waals surface area contributed by atoms with E-state index in [0.717, 1.165) is 5.95 Å². The molecule has 1 heterocycles. The van der Waals surface area contributed by atoms with Gasteiger partial charge in [-0.2, -0.15) is 0 Å². The molecule has 1 unspecified atom stereocenters. The second kappa shape index (κ2) is 6.81. The van der Waals surface area contributed by atoms with E-state index in [9.17, 15) is 0 Å². The SMILES string of the molecule is CCCCCC(C)n1ccnc1NC1CCCC1. The van der Waals surface area contributed by atoms with Crippen molar-refractivity contribution in [2.45, 2.75) is 77.3 Å². The first kappa shape index (κ1) is 13.4. The van der Waals surface area contributed by atoms with Crippen LogP contribution in [0.3, 0.4) is 0 Å². The minimum atomic E-state index is 0.558. The first-order valence-corrected chi connectivity index (χ1v) is 7.60. The summed E-state index contributed by atoms with van der Waals surface area (Å²) in [7, 11) is 0. The molecule has 1 aliphatic rings. The summed E-state index contributed by atoms with van der Waals surface area (Å²) < 4.78 is 2.31. The summed E-state index contributed by atoms with van der Waals surface area (Å²) in [5, 5.41) is 3.61. The molecule has 0 spiro atoms. The molecular formula is C15H27N3.